The first-order valence-corrected chi connectivity index (χ1v) is 8.97. The van der Waals surface area contributed by atoms with Crippen molar-refractivity contribution in [3.05, 3.63) is 0 Å². The molecule has 0 aromatic rings. The van der Waals surface area contributed by atoms with Crippen LogP contribution in [0.5, 0.6) is 0 Å². The van der Waals surface area contributed by atoms with Gasteiger partial charge in [-0.3, -0.25) is 9.69 Å². The fourth-order valence-electron chi connectivity index (χ4n) is 4.52. The highest BCUT2D eigenvalue weighted by Crippen LogP contribution is 2.29. The molecule has 0 radical (unpaired) electrons. The van der Waals surface area contributed by atoms with Gasteiger partial charge in [-0.25, -0.2) is 0 Å². The van der Waals surface area contributed by atoms with Gasteiger partial charge in [0.05, 0.1) is 5.92 Å². The van der Waals surface area contributed by atoms with Crippen molar-refractivity contribution in [3.63, 3.8) is 0 Å². The first-order chi connectivity index (χ1) is 10.2. The Balaban J connectivity index is 1.68. The molecule has 4 nitrogen and oxygen atoms in total. The van der Waals surface area contributed by atoms with Crippen molar-refractivity contribution in [2.75, 3.05) is 19.6 Å². The van der Waals surface area contributed by atoms with Crippen LogP contribution in [0.1, 0.15) is 58.3 Å². The van der Waals surface area contributed by atoms with Crippen LogP contribution in [0, 0.1) is 5.92 Å². The molecule has 1 amide bonds. The number of piperidine rings is 1. The lowest BCUT2D eigenvalue weighted by Crippen LogP contribution is -2.61. The van der Waals surface area contributed by atoms with E-state index < -0.39 is 0 Å². The van der Waals surface area contributed by atoms with E-state index in [-0.39, 0.29) is 12.0 Å². The second-order valence-electron chi connectivity index (χ2n) is 7.39. The van der Waals surface area contributed by atoms with Gasteiger partial charge < -0.3 is 10.6 Å². The Hall–Kier alpha value is -0.610. The molecule has 4 atom stereocenters. The van der Waals surface area contributed by atoms with Gasteiger partial charge in [-0.15, -0.1) is 0 Å². The third kappa shape index (κ3) is 3.26. The van der Waals surface area contributed by atoms with Crippen LogP contribution in [0.4, 0.5) is 0 Å². The number of rotatable bonds is 1. The van der Waals surface area contributed by atoms with Crippen LogP contribution in [0.2, 0.25) is 0 Å². The molecule has 3 fully saturated rings. The highest BCUT2D eigenvalue weighted by molar-refractivity contribution is 5.80. The second kappa shape index (κ2) is 6.66. The highest BCUT2D eigenvalue weighted by atomic mass is 16.2. The molecule has 0 bridgehead atoms. The van der Waals surface area contributed by atoms with Gasteiger partial charge in [-0.1, -0.05) is 25.7 Å². The molecule has 0 aromatic heterocycles. The van der Waals surface area contributed by atoms with Gasteiger partial charge >= 0.3 is 0 Å². The van der Waals surface area contributed by atoms with Crippen molar-refractivity contribution < 1.29 is 4.79 Å². The molecular formula is C17H31N3O. The largest absolute Gasteiger partial charge is 0.337 e. The molecular weight excluding hydrogens is 262 g/mol. The fraction of sp³-hybridized carbons (Fsp3) is 0.941. The minimum atomic E-state index is 0.0742. The lowest BCUT2D eigenvalue weighted by atomic mass is 9.91. The number of carbonyl (C=O) groups excluding carboxylic acids is 1. The van der Waals surface area contributed by atoms with E-state index in [4.69, 9.17) is 5.73 Å². The summed E-state index contributed by atoms with van der Waals surface area (Å²) >= 11 is 0. The van der Waals surface area contributed by atoms with Gasteiger partial charge in [0, 0.05) is 31.2 Å². The van der Waals surface area contributed by atoms with Crippen LogP contribution in [0.3, 0.4) is 0 Å². The molecule has 2 saturated heterocycles. The van der Waals surface area contributed by atoms with Crippen molar-refractivity contribution in [2.45, 2.75) is 76.4 Å². The maximum atomic E-state index is 13.0. The summed E-state index contributed by atoms with van der Waals surface area (Å²) in [6.45, 7) is 5.42. The minimum absolute atomic E-state index is 0.0742. The Morgan fingerprint density at radius 1 is 1.00 bits per heavy atom. The maximum absolute atomic E-state index is 13.0. The monoisotopic (exact) mass is 293 g/mol. The molecule has 3 rings (SSSR count). The number of hydrogen-bond donors (Lipinski definition) is 1. The molecule has 2 aliphatic heterocycles. The SMILES string of the molecule is CC1CN2CCCCC2CN1C(=O)C1CCCCCC1N. The second-order valence-corrected chi connectivity index (χ2v) is 7.39. The molecule has 21 heavy (non-hydrogen) atoms. The summed E-state index contributed by atoms with van der Waals surface area (Å²) in [5.74, 6) is 0.423. The van der Waals surface area contributed by atoms with E-state index in [1.807, 2.05) is 0 Å². The van der Waals surface area contributed by atoms with Crippen LogP contribution >= 0.6 is 0 Å². The Kier molecular flexibility index (Phi) is 4.85. The van der Waals surface area contributed by atoms with Crippen LogP contribution < -0.4 is 5.73 Å². The first kappa shape index (κ1) is 15.3. The van der Waals surface area contributed by atoms with Gasteiger partial charge in [0.15, 0.2) is 0 Å². The molecule has 1 aliphatic carbocycles. The number of amides is 1. The van der Waals surface area contributed by atoms with Crippen molar-refractivity contribution in [1.82, 2.24) is 9.80 Å². The Morgan fingerprint density at radius 3 is 2.62 bits per heavy atom. The van der Waals surface area contributed by atoms with Gasteiger partial charge in [0.1, 0.15) is 0 Å². The maximum Gasteiger partial charge on any atom is 0.227 e. The number of piperazine rings is 1. The summed E-state index contributed by atoms with van der Waals surface area (Å²) in [4.78, 5) is 17.8. The van der Waals surface area contributed by atoms with E-state index in [0.29, 0.717) is 18.0 Å². The molecule has 1 saturated carbocycles. The number of nitrogens with zero attached hydrogens (tertiary/aromatic N) is 2. The van der Waals surface area contributed by atoms with E-state index in [0.717, 1.165) is 25.9 Å². The van der Waals surface area contributed by atoms with E-state index >= 15 is 0 Å². The molecule has 2 N–H and O–H groups in total. The Morgan fingerprint density at radius 2 is 1.76 bits per heavy atom. The summed E-state index contributed by atoms with van der Waals surface area (Å²) < 4.78 is 0. The summed E-state index contributed by atoms with van der Waals surface area (Å²) in [6.07, 6.45) is 9.52. The zero-order chi connectivity index (χ0) is 14.8. The predicted octanol–water partition coefficient (Wildman–Crippen LogP) is 1.98. The predicted molar refractivity (Wildman–Crippen MR) is 84.9 cm³/mol. The zero-order valence-corrected chi connectivity index (χ0v) is 13.5. The minimum Gasteiger partial charge on any atom is -0.337 e. The molecule has 4 unspecified atom stereocenters. The summed E-state index contributed by atoms with van der Waals surface area (Å²) in [5, 5.41) is 0. The molecule has 120 valence electrons. The lowest BCUT2D eigenvalue weighted by Gasteiger charge is -2.48. The van der Waals surface area contributed by atoms with E-state index in [1.165, 1.54) is 45.1 Å². The number of hydrogen-bond acceptors (Lipinski definition) is 3. The molecule has 3 aliphatic rings. The molecule has 0 aromatic carbocycles. The van der Waals surface area contributed by atoms with Gasteiger partial charge in [0.25, 0.3) is 0 Å². The van der Waals surface area contributed by atoms with Gasteiger partial charge in [-0.2, -0.15) is 0 Å². The normalized spacial score (nSPS) is 38.7. The smallest absolute Gasteiger partial charge is 0.227 e. The summed E-state index contributed by atoms with van der Waals surface area (Å²) in [5.41, 5.74) is 6.31. The van der Waals surface area contributed by atoms with Gasteiger partial charge in [-0.05, 0) is 39.2 Å². The Labute approximate surface area is 129 Å². The molecule has 2 heterocycles. The summed E-state index contributed by atoms with van der Waals surface area (Å²) in [7, 11) is 0. The first-order valence-electron chi connectivity index (χ1n) is 8.97. The fourth-order valence-corrected chi connectivity index (χ4v) is 4.52. The topological polar surface area (TPSA) is 49.6 Å². The standard InChI is InChI=1S/C17H31N3O/c1-13-11-19-10-6-5-7-14(19)12-20(13)17(21)15-8-3-2-4-9-16(15)18/h13-16H,2-12,18H2,1H3. The van der Waals surface area contributed by atoms with E-state index in [9.17, 15) is 4.79 Å². The average molecular weight is 293 g/mol. The number of carbonyl (C=O) groups is 1. The summed E-state index contributed by atoms with van der Waals surface area (Å²) in [6, 6.07) is 1.03. The zero-order valence-electron chi connectivity index (χ0n) is 13.5. The quantitative estimate of drug-likeness (QED) is 0.752. The van der Waals surface area contributed by atoms with Crippen LogP contribution in [-0.4, -0.2) is 53.5 Å². The average Bonchev–Trinajstić information content (AvgIpc) is 2.70. The van der Waals surface area contributed by atoms with Crippen LogP contribution in [0.25, 0.3) is 0 Å². The molecule has 4 heteroatoms. The lowest BCUT2D eigenvalue weighted by molar-refractivity contribution is -0.143. The van der Waals surface area contributed by atoms with E-state index in [1.54, 1.807) is 0 Å². The number of fused-ring (bicyclic) bond motifs is 1. The Bertz CT molecular complexity index is 373. The highest BCUT2D eigenvalue weighted by Gasteiger charge is 2.38. The van der Waals surface area contributed by atoms with Crippen LogP contribution in [0.15, 0.2) is 0 Å². The van der Waals surface area contributed by atoms with Crippen molar-refractivity contribution >= 4 is 5.91 Å². The third-order valence-corrected chi connectivity index (χ3v) is 5.86. The van der Waals surface area contributed by atoms with Crippen molar-refractivity contribution in [2.24, 2.45) is 11.7 Å². The van der Waals surface area contributed by atoms with Crippen LogP contribution in [-0.2, 0) is 4.79 Å². The van der Waals surface area contributed by atoms with Crippen molar-refractivity contribution in [1.29, 1.82) is 0 Å². The third-order valence-electron chi connectivity index (χ3n) is 5.86. The van der Waals surface area contributed by atoms with Crippen molar-refractivity contribution in [3.8, 4) is 0 Å². The number of nitrogens with two attached hydrogens (primary N) is 1. The van der Waals surface area contributed by atoms with E-state index in [2.05, 4.69) is 16.7 Å². The molecule has 0 spiro atoms. The van der Waals surface area contributed by atoms with Gasteiger partial charge in [0.2, 0.25) is 5.91 Å².